The van der Waals surface area contributed by atoms with Gasteiger partial charge in [-0.1, -0.05) is 69.3 Å². The number of hydrogen-bond acceptors (Lipinski definition) is 4. The van der Waals surface area contributed by atoms with E-state index in [1.54, 1.807) is 0 Å². The summed E-state index contributed by atoms with van der Waals surface area (Å²) in [7, 11) is 0. The Hall–Kier alpha value is -3.35. The van der Waals surface area contributed by atoms with Crippen molar-refractivity contribution >= 4 is 18.0 Å². The van der Waals surface area contributed by atoms with Crippen LogP contribution in [0, 0.1) is 5.41 Å². The van der Waals surface area contributed by atoms with Gasteiger partial charge in [0.25, 0.3) is 0 Å². The van der Waals surface area contributed by atoms with E-state index in [9.17, 15) is 19.5 Å². The molecule has 1 unspecified atom stereocenters. The fraction of sp³-hybridized carbons (Fsp3) is 0.423. The largest absolute Gasteiger partial charge is 0.480 e. The van der Waals surface area contributed by atoms with Gasteiger partial charge in [-0.15, -0.1) is 0 Å². The maximum absolute atomic E-state index is 13.2. The number of fused-ring (bicyclic) bond motifs is 3. The minimum Gasteiger partial charge on any atom is -0.480 e. The van der Waals surface area contributed by atoms with Crippen molar-refractivity contribution in [3.05, 3.63) is 59.7 Å². The van der Waals surface area contributed by atoms with Crippen LogP contribution in [0.1, 0.15) is 50.7 Å². The highest BCUT2D eigenvalue weighted by molar-refractivity contribution is 5.90. The highest BCUT2D eigenvalue weighted by atomic mass is 16.5. The number of nitrogens with zero attached hydrogens (tertiary/aromatic N) is 1. The molecular formula is C26H30N2O5. The Bertz CT molecular complexity index is 1030. The molecule has 0 radical (unpaired) electrons. The van der Waals surface area contributed by atoms with E-state index in [0.717, 1.165) is 22.3 Å². The molecule has 2 amide bonds. The number of amides is 2. The average molecular weight is 451 g/mol. The number of carbonyl (C=O) groups is 3. The highest BCUT2D eigenvalue weighted by Crippen LogP contribution is 2.44. The van der Waals surface area contributed by atoms with Gasteiger partial charge in [0.05, 0.1) is 0 Å². The Morgan fingerprint density at radius 2 is 1.64 bits per heavy atom. The first-order valence-electron chi connectivity index (χ1n) is 11.3. The molecule has 1 aliphatic heterocycles. The zero-order valence-corrected chi connectivity index (χ0v) is 19.2. The molecule has 7 nitrogen and oxygen atoms in total. The second-order valence-electron chi connectivity index (χ2n) is 9.80. The van der Waals surface area contributed by atoms with E-state index >= 15 is 0 Å². The highest BCUT2D eigenvalue weighted by Gasteiger charge is 2.42. The molecule has 2 aliphatic rings. The molecule has 1 saturated heterocycles. The van der Waals surface area contributed by atoms with Crippen LogP contribution in [0.5, 0.6) is 0 Å². The number of aliphatic carboxylic acids is 1. The summed E-state index contributed by atoms with van der Waals surface area (Å²) >= 11 is 0. The Morgan fingerprint density at radius 3 is 2.18 bits per heavy atom. The van der Waals surface area contributed by atoms with Gasteiger partial charge in [0, 0.05) is 12.5 Å². The van der Waals surface area contributed by atoms with Crippen LogP contribution in [0.15, 0.2) is 48.5 Å². The van der Waals surface area contributed by atoms with E-state index < -0.39 is 29.6 Å². The van der Waals surface area contributed by atoms with Crippen LogP contribution >= 0.6 is 0 Å². The lowest BCUT2D eigenvalue weighted by atomic mass is 9.85. The summed E-state index contributed by atoms with van der Waals surface area (Å²) in [6.07, 6.45) is 0.365. The van der Waals surface area contributed by atoms with Crippen molar-refractivity contribution in [2.24, 2.45) is 5.41 Å². The van der Waals surface area contributed by atoms with Gasteiger partial charge in [-0.05, 0) is 40.5 Å². The van der Waals surface area contributed by atoms with E-state index in [0.29, 0.717) is 19.4 Å². The summed E-state index contributed by atoms with van der Waals surface area (Å²) in [6.45, 7) is 6.03. The summed E-state index contributed by atoms with van der Waals surface area (Å²) < 4.78 is 5.62. The summed E-state index contributed by atoms with van der Waals surface area (Å²) in [5, 5.41) is 12.2. The average Bonchev–Trinajstić information content (AvgIpc) is 3.38. The lowest BCUT2D eigenvalue weighted by Gasteiger charge is -2.34. The van der Waals surface area contributed by atoms with Gasteiger partial charge in [0.2, 0.25) is 5.91 Å². The lowest BCUT2D eigenvalue weighted by molar-refractivity contribution is -0.150. The molecule has 2 aromatic carbocycles. The number of carboxylic acid groups (broad SMARTS) is 1. The Morgan fingerprint density at radius 1 is 1.06 bits per heavy atom. The molecule has 2 atom stereocenters. The standard InChI is InChI=1S/C26H30N2O5/c1-26(2,3)22(23(29)28-14-8-13-21(28)24(30)31)27-25(32)33-15-20-18-11-6-4-9-16(18)17-10-5-7-12-19(17)20/h4-7,9-12,20-22H,8,13-15H2,1-3H3,(H,27,32)(H,30,31)/t21?,22-/m0/s1. The number of ether oxygens (including phenoxy) is 1. The first-order valence-corrected chi connectivity index (χ1v) is 11.3. The molecular weight excluding hydrogens is 420 g/mol. The van der Waals surface area contributed by atoms with Crippen LogP contribution in [0.2, 0.25) is 0 Å². The lowest BCUT2D eigenvalue weighted by Crippen LogP contribution is -2.56. The summed E-state index contributed by atoms with van der Waals surface area (Å²) in [4.78, 5) is 38.9. The maximum atomic E-state index is 13.2. The van der Waals surface area contributed by atoms with Gasteiger partial charge in [0.15, 0.2) is 0 Å². The Kier molecular flexibility index (Phi) is 6.15. The zero-order chi connectivity index (χ0) is 23.8. The van der Waals surface area contributed by atoms with E-state index in [2.05, 4.69) is 17.4 Å². The molecule has 1 aliphatic carbocycles. The quantitative estimate of drug-likeness (QED) is 0.717. The molecule has 4 rings (SSSR count). The molecule has 174 valence electrons. The molecule has 33 heavy (non-hydrogen) atoms. The Labute approximate surface area is 193 Å². The van der Waals surface area contributed by atoms with Crippen molar-refractivity contribution in [3.63, 3.8) is 0 Å². The van der Waals surface area contributed by atoms with Crippen molar-refractivity contribution in [3.8, 4) is 11.1 Å². The fourth-order valence-corrected chi connectivity index (χ4v) is 4.86. The first-order chi connectivity index (χ1) is 15.7. The monoisotopic (exact) mass is 450 g/mol. The molecule has 0 saturated carbocycles. The smallest absolute Gasteiger partial charge is 0.407 e. The third-order valence-electron chi connectivity index (χ3n) is 6.54. The predicted octanol–water partition coefficient (Wildman–Crippen LogP) is 4.02. The molecule has 1 heterocycles. The van der Waals surface area contributed by atoms with Crippen LogP contribution in [0.25, 0.3) is 11.1 Å². The van der Waals surface area contributed by atoms with Crippen molar-refractivity contribution in [1.29, 1.82) is 0 Å². The third kappa shape index (κ3) is 4.45. The van der Waals surface area contributed by atoms with Crippen molar-refractivity contribution in [2.75, 3.05) is 13.2 Å². The minimum absolute atomic E-state index is 0.0816. The number of alkyl carbamates (subject to hydrolysis) is 1. The molecule has 2 aromatic rings. The van der Waals surface area contributed by atoms with Gasteiger partial charge in [-0.2, -0.15) is 0 Å². The van der Waals surface area contributed by atoms with Gasteiger partial charge in [-0.25, -0.2) is 9.59 Å². The van der Waals surface area contributed by atoms with Gasteiger partial charge in [-0.3, -0.25) is 4.79 Å². The number of nitrogens with one attached hydrogen (secondary N) is 1. The maximum Gasteiger partial charge on any atom is 0.407 e. The Balaban J connectivity index is 1.47. The molecule has 0 aromatic heterocycles. The summed E-state index contributed by atoms with van der Waals surface area (Å²) in [5.74, 6) is -1.49. The third-order valence-corrected chi connectivity index (χ3v) is 6.54. The molecule has 1 fully saturated rings. The molecule has 0 spiro atoms. The van der Waals surface area contributed by atoms with E-state index in [-0.39, 0.29) is 18.4 Å². The zero-order valence-electron chi connectivity index (χ0n) is 19.2. The number of rotatable bonds is 5. The fourth-order valence-electron chi connectivity index (χ4n) is 4.86. The van der Waals surface area contributed by atoms with Crippen LogP contribution in [-0.2, 0) is 14.3 Å². The topological polar surface area (TPSA) is 95.9 Å². The van der Waals surface area contributed by atoms with Crippen LogP contribution in [0.4, 0.5) is 4.79 Å². The molecule has 2 N–H and O–H groups in total. The molecule has 0 bridgehead atoms. The van der Waals surface area contributed by atoms with E-state index in [1.165, 1.54) is 4.90 Å². The molecule has 7 heteroatoms. The second kappa shape index (κ2) is 8.89. The van der Waals surface area contributed by atoms with Crippen molar-refractivity contribution in [1.82, 2.24) is 10.2 Å². The van der Waals surface area contributed by atoms with E-state index in [1.807, 2.05) is 57.2 Å². The SMILES string of the molecule is CC(C)(C)[C@@H](NC(=O)OCC1c2ccccc2-c2ccccc21)C(=O)N1CCCC1C(=O)O. The van der Waals surface area contributed by atoms with Crippen LogP contribution < -0.4 is 5.32 Å². The number of hydrogen-bond donors (Lipinski definition) is 2. The number of benzene rings is 2. The van der Waals surface area contributed by atoms with Crippen molar-refractivity contribution < 1.29 is 24.2 Å². The number of carbonyl (C=O) groups excluding carboxylic acids is 2. The van der Waals surface area contributed by atoms with Gasteiger partial charge < -0.3 is 20.1 Å². The number of carboxylic acids is 1. The minimum atomic E-state index is -1.02. The van der Waals surface area contributed by atoms with Crippen molar-refractivity contribution in [2.45, 2.75) is 51.6 Å². The van der Waals surface area contributed by atoms with Crippen LogP contribution in [-0.4, -0.2) is 53.2 Å². The summed E-state index contributed by atoms with van der Waals surface area (Å²) in [6, 6.07) is 14.4. The second-order valence-corrected chi connectivity index (χ2v) is 9.80. The summed E-state index contributed by atoms with van der Waals surface area (Å²) in [5.41, 5.74) is 3.87. The van der Waals surface area contributed by atoms with Crippen LogP contribution in [0.3, 0.4) is 0 Å². The number of likely N-dealkylation sites (tertiary alicyclic amines) is 1. The van der Waals surface area contributed by atoms with Gasteiger partial charge in [0.1, 0.15) is 18.7 Å². The van der Waals surface area contributed by atoms with E-state index in [4.69, 9.17) is 4.74 Å². The first kappa shape index (κ1) is 22.8. The predicted molar refractivity (Wildman–Crippen MR) is 124 cm³/mol. The van der Waals surface area contributed by atoms with Gasteiger partial charge >= 0.3 is 12.1 Å². The normalized spacial score (nSPS) is 18.4.